The monoisotopic (exact) mass is 470 g/mol. The van der Waals surface area contributed by atoms with E-state index >= 15 is 0 Å². The number of aryl methyl sites for hydroxylation is 2. The number of carbonyl (C=O) groups excluding carboxylic acids is 2. The van der Waals surface area contributed by atoms with Crippen molar-refractivity contribution in [3.63, 3.8) is 0 Å². The Morgan fingerprint density at radius 2 is 1.71 bits per heavy atom. The van der Waals surface area contributed by atoms with Crippen molar-refractivity contribution in [2.75, 3.05) is 17.2 Å². The van der Waals surface area contributed by atoms with E-state index in [9.17, 15) is 25.0 Å². The molecule has 0 spiro atoms. The number of nitriles is 1. The predicted molar refractivity (Wildman–Crippen MR) is 132 cm³/mol. The largest absolute Gasteiger partial charge is 0.484 e. The van der Waals surface area contributed by atoms with Crippen molar-refractivity contribution >= 4 is 35.0 Å². The summed E-state index contributed by atoms with van der Waals surface area (Å²) in [5.41, 5.74) is 3.30. The molecular formula is C26H22N4O5. The van der Waals surface area contributed by atoms with E-state index < -0.39 is 10.8 Å². The second-order valence-corrected chi connectivity index (χ2v) is 7.64. The fourth-order valence-electron chi connectivity index (χ4n) is 3.04. The second-order valence-electron chi connectivity index (χ2n) is 7.64. The van der Waals surface area contributed by atoms with Crippen LogP contribution in [0, 0.1) is 35.3 Å². The van der Waals surface area contributed by atoms with E-state index in [-0.39, 0.29) is 29.5 Å². The smallest absolute Gasteiger partial charge is 0.271 e. The van der Waals surface area contributed by atoms with Gasteiger partial charge < -0.3 is 15.4 Å². The molecule has 2 amide bonds. The van der Waals surface area contributed by atoms with Crippen molar-refractivity contribution in [3.8, 4) is 11.8 Å². The summed E-state index contributed by atoms with van der Waals surface area (Å²) in [6, 6.07) is 19.4. The molecule has 0 aromatic heterocycles. The fourth-order valence-corrected chi connectivity index (χ4v) is 3.04. The molecule has 3 rings (SSSR count). The predicted octanol–water partition coefficient (Wildman–Crippen LogP) is 4.77. The first-order chi connectivity index (χ1) is 16.7. The van der Waals surface area contributed by atoms with Gasteiger partial charge in [-0.3, -0.25) is 19.7 Å². The highest BCUT2D eigenvalue weighted by atomic mass is 16.6. The first-order valence-corrected chi connectivity index (χ1v) is 10.5. The molecule has 0 aliphatic rings. The molecule has 0 radical (unpaired) electrons. The van der Waals surface area contributed by atoms with E-state index in [1.54, 1.807) is 24.3 Å². The number of ether oxygens (including phenoxy) is 1. The number of nitrogens with one attached hydrogen (secondary N) is 2. The summed E-state index contributed by atoms with van der Waals surface area (Å²) in [5, 5.41) is 25.5. The lowest BCUT2D eigenvalue weighted by Crippen LogP contribution is -2.20. The summed E-state index contributed by atoms with van der Waals surface area (Å²) in [6.07, 6.45) is 1.38. The summed E-state index contributed by atoms with van der Waals surface area (Å²) in [5.74, 6) is -0.560. The SMILES string of the molecule is Cc1ccc(NC(=O)COc2ccc(/C=C(/C#N)C(=O)Nc3cccc([N+](=O)[O-])c3)cc2)cc1C. The minimum absolute atomic E-state index is 0.177. The number of non-ortho nitro benzene ring substituents is 1. The zero-order valence-electron chi connectivity index (χ0n) is 19.1. The molecule has 176 valence electrons. The first kappa shape index (κ1) is 24.7. The second kappa shape index (κ2) is 11.2. The highest BCUT2D eigenvalue weighted by Gasteiger charge is 2.12. The Bertz CT molecular complexity index is 1340. The van der Waals surface area contributed by atoms with Gasteiger partial charge in [0, 0.05) is 23.5 Å². The number of benzene rings is 3. The van der Waals surface area contributed by atoms with Crippen LogP contribution in [0.25, 0.3) is 6.08 Å². The Morgan fingerprint density at radius 1 is 1.00 bits per heavy atom. The number of carbonyl (C=O) groups is 2. The summed E-state index contributed by atoms with van der Waals surface area (Å²) in [7, 11) is 0. The zero-order valence-corrected chi connectivity index (χ0v) is 19.1. The highest BCUT2D eigenvalue weighted by Crippen LogP contribution is 2.19. The van der Waals surface area contributed by atoms with E-state index in [1.165, 1.54) is 30.3 Å². The van der Waals surface area contributed by atoms with Gasteiger partial charge in [0.05, 0.1) is 4.92 Å². The van der Waals surface area contributed by atoms with Gasteiger partial charge in [-0.05, 0) is 66.9 Å². The van der Waals surface area contributed by atoms with Crippen LogP contribution in [0.2, 0.25) is 0 Å². The van der Waals surface area contributed by atoms with Crippen molar-refractivity contribution < 1.29 is 19.2 Å². The summed E-state index contributed by atoms with van der Waals surface area (Å²) < 4.78 is 5.51. The van der Waals surface area contributed by atoms with Gasteiger partial charge in [-0.2, -0.15) is 5.26 Å². The lowest BCUT2D eigenvalue weighted by atomic mass is 10.1. The molecule has 0 saturated carbocycles. The van der Waals surface area contributed by atoms with Gasteiger partial charge in [-0.25, -0.2) is 0 Å². The van der Waals surface area contributed by atoms with Crippen molar-refractivity contribution in [1.82, 2.24) is 0 Å². The average molecular weight is 470 g/mol. The molecule has 0 aliphatic carbocycles. The first-order valence-electron chi connectivity index (χ1n) is 10.5. The van der Waals surface area contributed by atoms with E-state index in [0.717, 1.165) is 11.1 Å². The Hall–Kier alpha value is -4.97. The maximum atomic E-state index is 12.4. The minimum Gasteiger partial charge on any atom is -0.484 e. The van der Waals surface area contributed by atoms with Gasteiger partial charge in [0.1, 0.15) is 17.4 Å². The molecule has 0 bridgehead atoms. The lowest BCUT2D eigenvalue weighted by Gasteiger charge is -2.09. The van der Waals surface area contributed by atoms with Crippen LogP contribution in [0.5, 0.6) is 5.75 Å². The third-order valence-electron chi connectivity index (χ3n) is 5.03. The van der Waals surface area contributed by atoms with E-state index in [0.29, 0.717) is 17.0 Å². The number of hydrogen-bond acceptors (Lipinski definition) is 6. The Labute approximate surface area is 201 Å². The topological polar surface area (TPSA) is 134 Å². The lowest BCUT2D eigenvalue weighted by molar-refractivity contribution is -0.384. The van der Waals surface area contributed by atoms with Gasteiger partial charge >= 0.3 is 0 Å². The van der Waals surface area contributed by atoms with Crippen molar-refractivity contribution in [2.45, 2.75) is 13.8 Å². The number of nitro groups is 1. The number of nitrogens with zero attached hydrogens (tertiary/aromatic N) is 2. The number of amides is 2. The third-order valence-corrected chi connectivity index (χ3v) is 5.03. The molecule has 0 saturated heterocycles. The molecular weight excluding hydrogens is 448 g/mol. The van der Waals surface area contributed by atoms with Crippen LogP contribution in [0.1, 0.15) is 16.7 Å². The van der Waals surface area contributed by atoms with Gasteiger partial charge in [-0.15, -0.1) is 0 Å². The standard InChI is InChI=1S/C26H22N4O5/c1-17-6-9-22(12-18(17)2)28-25(31)16-35-24-10-7-19(8-11-24)13-20(15-27)26(32)29-21-4-3-5-23(14-21)30(33)34/h3-14H,16H2,1-2H3,(H,28,31)(H,29,32)/b20-13-. The van der Waals surface area contributed by atoms with Crippen molar-refractivity contribution in [3.05, 3.63) is 99.1 Å². The molecule has 0 heterocycles. The number of rotatable bonds is 8. The summed E-state index contributed by atoms with van der Waals surface area (Å²) >= 11 is 0. The molecule has 0 unspecified atom stereocenters. The van der Waals surface area contributed by atoms with Crippen LogP contribution < -0.4 is 15.4 Å². The molecule has 3 aromatic rings. The van der Waals surface area contributed by atoms with Crippen LogP contribution in [0.15, 0.2) is 72.3 Å². The van der Waals surface area contributed by atoms with E-state index in [4.69, 9.17) is 4.74 Å². The highest BCUT2D eigenvalue weighted by molar-refractivity contribution is 6.09. The quantitative estimate of drug-likeness (QED) is 0.211. The van der Waals surface area contributed by atoms with Crippen molar-refractivity contribution in [1.29, 1.82) is 5.26 Å². The number of hydrogen-bond donors (Lipinski definition) is 2. The third kappa shape index (κ3) is 7.00. The number of nitro benzene ring substituents is 1. The minimum atomic E-state index is -0.698. The van der Waals surface area contributed by atoms with Crippen LogP contribution in [0.3, 0.4) is 0 Å². The number of anilines is 2. The van der Waals surface area contributed by atoms with Crippen molar-refractivity contribution in [2.24, 2.45) is 0 Å². The van der Waals surface area contributed by atoms with Crippen LogP contribution >= 0.6 is 0 Å². The molecule has 9 nitrogen and oxygen atoms in total. The Morgan fingerprint density at radius 3 is 2.37 bits per heavy atom. The molecule has 0 aliphatic heterocycles. The Kier molecular flexibility index (Phi) is 7.93. The van der Waals surface area contributed by atoms with Gasteiger partial charge in [0.25, 0.3) is 17.5 Å². The van der Waals surface area contributed by atoms with Gasteiger partial charge in [-0.1, -0.05) is 24.3 Å². The van der Waals surface area contributed by atoms with E-state index in [1.807, 2.05) is 38.1 Å². The molecule has 3 aromatic carbocycles. The van der Waals surface area contributed by atoms with E-state index in [2.05, 4.69) is 10.6 Å². The molecule has 0 atom stereocenters. The summed E-state index contributed by atoms with van der Waals surface area (Å²) in [4.78, 5) is 34.9. The summed E-state index contributed by atoms with van der Waals surface area (Å²) in [6.45, 7) is 3.77. The molecule has 35 heavy (non-hydrogen) atoms. The molecule has 0 fully saturated rings. The maximum absolute atomic E-state index is 12.4. The maximum Gasteiger partial charge on any atom is 0.271 e. The van der Waals surface area contributed by atoms with Crippen LogP contribution in [0.4, 0.5) is 17.1 Å². The van der Waals surface area contributed by atoms with Crippen LogP contribution in [-0.4, -0.2) is 23.3 Å². The van der Waals surface area contributed by atoms with Gasteiger partial charge in [0.2, 0.25) is 0 Å². The zero-order chi connectivity index (χ0) is 25.4. The van der Waals surface area contributed by atoms with Gasteiger partial charge in [0.15, 0.2) is 6.61 Å². The van der Waals surface area contributed by atoms with Crippen LogP contribution in [-0.2, 0) is 9.59 Å². The fraction of sp³-hybridized carbons (Fsp3) is 0.115. The molecule has 9 heteroatoms. The average Bonchev–Trinajstić information content (AvgIpc) is 2.84. The Balaban J connectivity index is 1.59. The normalized spacial score (nSPS) is 10.7. The molecule has 2 N–H and O–H groups in total.